The Morgan fingerprint density at radius 2 is 2.08 bits per heavy atom. The first-order valence-corrected chi connectivity index (χ1v) is 10.4. The molecular weight excluding hydrogens is 352 g/mol. The molecular formula is C18H24N4OS2. The molecule has 0 unspecified atom stereocenters. The van der Waals surface area contributed by atoms with Gasteiger partial charge in [0.25, 0.3) is 0 Å². The Morgan fingerprint density at radius 3 is 2.80 bits per heavy atom. The fraction of sp³-hybridized carbons (Fsp3) is 0.500. The number of nitrogens with zero attached hydrogens (tertiary/aromatic N) is 3. The van der Waals surface area contributed by atoms with Crippen molar-refractivity contribution in [2.45, 2.75) is 56.5 Å². The summed E-state index contributed by atoms with van der Waals surface area (Å²) < 4.78 is 0.820. The van der Waals surface area contributed by atoms with Crippen molar-refractivity contribution in [2.24, 2.45) is 0 Å². The van der Waals surface area contributed by atoms with Gasteiger partial charge in [0, 0.05) is 17.8 Å². The topological polar surface area (TPSA) is 58.1 Å². The van der Waals surface area contributed by atoms with Gasteiger partial charge >= 0.3 is 0 Å². The van der Waals surface area contributed by atoms with Gasteiger partial charge < -0.3 is 10.2 Å². The highest BCUT2D eigenvalue weighted by atomic mass is 32.2. The van der Waals surface area contributed by atoms with Gasteiger partial charge in [-0.25, -0.2) is 0 Å². The Balaban J connectivity index is 1.55. The van der Waals surface area contributed by atoms with E-state index in [1.165, 1.54) is 35.1 Å². The zero-order valence-electron chi connectivity index (χ0n) is 14.9. The van der Waals surface area contributed by atoms with Gasteiger partial charge in [0.2, 0.25) is 11.0 Å². The molecule has 0 radical (unpaired) electrons. The number of aromatic nitrogens is 2. The molecule has 1 amide bonds. The van der Waals surface area contributed by atoms with Crippen LogP contribution in [0.5, 0.6) is 0 Å². The molecule has 0 saturated carbocycles. The van der Waals surface area contributed by atoms with E-state index in [0.29, 0.717) is 17.8 Å². The molecule has 25 heavy (non-hydrogen) atoms. The number of nitrogens with one attached hydrogen (secondary N) is 1. The number of likely N-dealkylation sites (tertiary alicyclic amines) is 1. The number of aryl methyl sites for hydroxylation is 1. The van der Waals surface area contributed by atoms with Crippen molar-refractivity contribution < 1.29 is 4.79 Å². The Morgan fingerprint density at radius 1 is 1.32 bits per heavy atom. The van der Waals surface area contributed by atoms with Crippen LogP contribution >= 0.6 is 23.1 Å². The highest BCUT2D eigenvalue weighted by Crippen LogP contribution is 2.29. The number of thioether (sulfide) groups is 1. The molecule has 2 atom stereocenters. The lowest BCUT2D eigenvalue weighted by Gasteiger charge is -2.39. The third-order valence-corrected chi connectivity index (χ3v) is 6.43. The Labute approximate surface area is 157 Å². The minimum atomic E-state index is 0.202. The van der Waals surface area contributed by atoms with E-state index in [1.807, 2.05) is 17.0 Å². The van der Waals surface area contributed by atoms with Gasteiger partial charge in [-0.2, -0.15) is 0 Å². The molecule has 2 heterocycles. The summed E-state index contributed by atoms with van der Waals surface area (Å²) in [4.78, 5) is 14.6. The molecule has 2 aromatic rings. The summed E-state index contributed by atoms with van der Waals surface area (Å²) in [5.41, 5.74) is 2.19. The van der Waals surface area contributed by atoms with Gasteiger partial charge in [-0.15, -0.1) is 10.2 Å². The van der Waals surface area contributed by atoms with Crippen LogP contribution in [0.15, 0.2) is 28.6 Å². The lowest BCUT2D eigenvalue weighted by atomic mass is 9.98. The second kappa shape index (κ2) is 8.19. The number of carbonyl (C=O) groups excluding carboxylic acids is 1. The largest absolute Gasteiger partial charge is 0.337 e. The molecule has 0 spiro atoms. The molecule has 3 rings (SSSR count). The average Bonchev–Trinajstić information content (AvgIpc) is 3.00. The van der Waals surface area contributed by atoms with Crippen LogP contribution in [0.1, 0.15) is 38.7 Å². The molecule has 1 aromatic heterocycles. The highest BCUT2D eigenvalue weighted by Gasteiger charge is 2.28. The van der Waals surface area contributed by atoms with Gasteiger partial charge in [0.15, 0.2) is 4.34 Å². The lowest BCUT2D eigenvalue weighted by Crippen LogP contribution is -2.48. The van der Waals surface area contributed by atoms with E-state index in [9.17, 15) is 4.79 Å². The third-order valence-electron chi connectivity index (χ3n) is 4.48. The molecule has 0 bridgehead atoms. The van der Waals surface area contributed by atoms with Crippen LogP contribution < -0.4 is 5.32 Å². The Kier molecular flexibility index (Phi) is 5.96. The van der Waals surface area contributed by atoms with Crippen LogP contribution in [-0.2, 0) is 4.79 Å². The quantitative estimate of drug-likeness (QED) is 0.780. The number of anilines is 2. The van der Waals surface area contributed by atoms with Crippen molar-refractivity contribution in [3.63, 3.8) is 0 Å². The number of piperidine rings is 1. The van der Waals surface area contributed by atoms with Crippen molar-refractivity contribution in [3.8, 4) is 0 Å². The van der Waals surface area contributed by atoms with Crippen molar-refractivity contribution >= 4 is 39.8 Å². The first-order chi connectivity index (χ1) is 12.0. The van der Waals surface area contributed by atoms with E-state index in [2.05, 4.69) is 48.4 Å². The number of hydrogen-bond acceptors (Lipinski definition) is 6. The van der Waals surface area contributed by atoms with Gasteiger partial charge in [-0.3, -0.25) is 4.79 Å². The molecule has 5 nitrogen and oxygen atoms in total. The van der Waals surface area contributed by atoms with Crippen molar-refractivity contribution in [3.05, 3.63) is 29.8 Å². The van der Waals surface area contributed by atoms with E-state index in [-0.39, 0.29) is 5.91 Å². The molecule has 1 aliphatic rings. The smallest absolute Gasteiger partial charge is 0.233 e. The van der Waals surface area contributed by atoms with E-state index < -0.39 is 0 Å². The monoisotopic (exact) mass is 376 g/mol. The standard InChI is InChI=1S/C18H24N4OS2/c1-12-6-4-9-15(10-12)19-17-20-21-18(25-17)24-11-16(23)22-13(2)7-5-8-14(22)3/h4,6,9-10,13-14H,5,7-8,11H2,1-3H3,(H,19,20)/t13-,14-/m0/s1. The summed E-state index contributed by atoms with van der Waals surface area (Å²) in [7, 11) is 0. The minimum Gasteiger partial charge on any atom is -0.337 e. The molecule has 1 saturated heterocycles. The Bertz CT molecular complexity index is 723. The van der Waals surface area contributed by atoms with Crippen LogP contribution in [0.4, 0.5) is 10.8 Å². The van der Waals surface area contributed by atoms with Gasteiger partial charge in [-0.05, 0) is 57.7 Å². The van der Waals surface area contributed by atoms with Crippen LogP contribution in [0.25, 0.3) is 0 Å². The maximum Gasteiger partial charge on any atom is 0.233 e. The highest BCUT2D eigenvalue weighted by molar-refractivity contribution is 8.01. The molecule has 1 aliphatic heterocycles. The van der Waals surface area contributed by atoms with Crippen molar-refractivity contribution in [1.82, 2.24) is 15.1 Å². The van der Waals surface area contributed by atoms with E-state index in [4.69, 9.17) is 0 Å². The molecule has 0 aliphatic carbocycles. The summed E-state index contributed by atoms with van der Waals surface area (Å²) in [6, 6.07) is 8.81. The molecule has 1 aromatic carbocycles. The fourth-order valence-electron chi connectivity index (χ4n) is 3.28. The molecule has 7 heteroatoms. The minimum absolute atomic E-state index is 0.202. The van der Waals surface area contributed by atoms with Crippen LogP contribution in [0, 0.1) is 6.92 Å². The summed E-state index contributed by atoms with van der Waals surface area (Å²) in [5, 5.41) is 12.4. The zero-order chi connectivity index (χ0) is 17.8. The second-order valence-corrected chi connectivity index (χ2v) is 8.79. The maximum atomic E-state index is 12.6. The number of hydrogen-bond donors (Lipinski definition) is 1. The van der Waals surface area contributed by atoms with E-state index in [1.54, 1.807) is 0 Å². The summed E-state index contributed by atoms with van der Waals surface area (Å²) in [6.45, 7) is 6.35. The fourth-order valence-corrected chi connectivity index (χ4v) is 4.92. The van der Waals surface area contributed by atoms with Crippen LogP contribution in [0.3, 0.4) is 0 Å². The van der Waals surface area contributed by atoms with Crippen molar-refractivity contribution in [2.75, 3.05) is 11.1 Å². The van der Waals surface area contributed by atoms with Gasteiger partial charge in [-0.1, -0.05) is 35.2 Å². The van der Waals surface area contributed by atoms with Crippen molar-refractivity contribution in [1.29, 1.82) is 0 Å². The SMILES string of the molecule is Cc1cccc(Nc2nnc(SCC(=O)N3[C@@H](C)CCC[C@@H]3C)s2)c1. The van der Waals surface area contributed by atoms with Crippen LogP contribution in [0.2, 0.25) is 0 Å². The van der Waals surface area contributed by atoms with Gasteiger partial charge in [0.05, 0.1) is 5.75 Å². The first kappa shape index (κ1) is 18.2. The number of carbonyl (C=O) groups is 1. The number of rotatable bonds is 5. The van der Waals surface area contributed by atoms with Crippen LogP contribution in [-0.4, -0.2) is 38.8 Å². The lowest BCUT2D eigenvalue weighted by molar-refractivity contribution is -0.134. The summed E-state index contributed by atoms with van der Waals surface area (Å²) >= 11 is 2.96. The van der Waals surface area contributed by atoms with E-state index >= 15 is 0 Å². The normalized spacial score (nSPS) is 20.5. The second-order valence-electron chi connectivity index (χ2n) is 6.59. The van der Waals surface area contributed by atoms with Gasteiger partial charge in [0.1, 0.15) is 0 Å². The predicted octanol–water partition coefficient (Wildman–Crippen LogP) is 4.47. The average molecular weight is 377 g/mol. The maximum absolute atomic E-state index is 12.6. The predicted molar refractivity (Wildman–Crippen MR) is 105 cm³/mol. The summed E-state index contributed by atoms with van der Waals surface area (Å²) in [6.07, 6.45) is 3.41. The third kappa shape index (κ3) is 4.73. The molecule has 1 fully saturated rings. The molecule has 134 valence electrons. The molecule has 1 N–H and O–H groups in total. The Hall–Kier alpha value is -1.60. The first-order valence-electron chi connectivity index (χ1n) is 8.64. The summed E-state index contributed by atoms with van der Waals surface area (Å²) in [5.74, 6) is 0.626. The van der Waals surface area contributed by atoms with E-state index in [0.717, 1.165) is 28.0 Å². The zero-order valence-corrected chi connectivity index (χ0v) is 16.5. The number of benzene rings is 1. The number of amides is 1.